The molecule has 36 valence electrons. The summed E-state index contributed by atoms with van der Waals surface area (Å²) in [5, 5.41) is 13.9. The molecule has 0 spiro atoms. The minimum atomic E-state index is -1.83. The Balaban J connectivity index is -0.00000000450. The van der Waals surface area contributed by atoms with Gasteiger partial charge in [0.1, 0.15) is 0 Å². The third kappa shape index (κ3) is 45.8. The first-order valence-corrected chi connectivity index (χ1v) is 0.651. The second-order valence-electron chi connectivity index (χ2n) is 0.283. The van der Waals surface area contributed by atoms with Crippen LogP contribution in [0.15, 0.2) is 0 Å². The molecule has 0 fully saturated rings. The van der Waals surface area contributed by atoms with Crippen molar-refractivity contribution in [1.82, 2.24) is 0 Å². The molecule has 0 amide bonds. The Morgan fingerprint density at radius 2 is 1.29 bits per heavy atom. The maximum absolute atomic E-state index is 8.56. The second-order valence-corrected chi connectivity index (χ2v) is 0.283. The van der Waals surface area contributed by atoms with Crippen molar-refractivity contribution < 1.29 is 121 Å². The van der Waals surface area contributed by atoms with Crippen LogP contribution in [0.2, 0.25) is 0 Å². The van der Waals surface area contributed by atoms with E-state index < -0.39 is 6.16 Å². The average molecular weight is 270 g/mol. The molecule has 0 aromatic rings. The van der Waals surface area contributed by atoms with Crippen molar-refractivity contribution in [3.63, 3.8) is 0 Å². The Morgan fingerprint density at radius 1 is 1.29 bits per heavy atom. The summed E-state index contributed by atoms with van der Waals surface area (Å²) >= 11 is 0. The first-order valence-electron chi connectivity index (χ1n) is 0.651. The first-order chi connectivity index (χ1) is 1.73. The fourth-order valence-electron chi connectivity index (χ4n) is 0. The Bertz CT molecular complexity index is 42.8. The summed E-state index contributed by atoms with van der Waals surface area (Å²) in [5.41, 5.74) is 0. The Hall–Kier alpha value is 3.27. The van der Waals surface area contributed by atoms with Crippen LogP contribution >= 0.6 is 24.0 Å². The fourth-order valence-corrected chi connectivity index (χ4v) is 0. The quantitative estimate of drug-likeness (QED) is 0.343. The molecule has 0 atom stereocenters. The van der Waals surface area contributed by atoms with E-state index in [1.807, 2.05) is 0 Å². The van der Waals surface area contributed by atoms with Crippen molar-refractivity contribution in [2.75, 3.05) is 0 Å². The molecule has 7 heavy (non-hydrogen) atoms. The summed E-state index contributed by atoms with van der Waals surface area (Å²) in [6.07, 6.45) is -1.83. The van der Waals surface area contributed by atoms with E-state index in [4.69, 9.17) is 15.0 Å². The number of hydrogen-bond acceptors (Lipinski definition) is 1. The van der Waals surface area contributed by atoms with Crippen LogP contribution in [0.1, 0.15) is 2.85 Å². The zero-order chi connectivity index (χ0) is 3.58. The van der Waals surface area contributed by atoms with Crippen molar-refractivity contribution in [1.29, 1.82) is 0 Å². The van der Waals surface area contributed by atoms with Crippen molar-refractivity contribution in [2.45, 2.75) is 0 Å². The fraction of sp³-hybridized carbons (Fsp3) is 0. The zero-order valence-electron chi connectivity index (χ0n) is 6.21. The maximum atomic E-state index is 8.56. The van der Waals surface area contributed by atoms with Crippen molar-refractivity contribution in [3.05, 3.63) is 0 Å². The third-order valence-electron chi connectivity index (χ3n) is 0. The van der Waals surface area contributed by atoms with Gasteiger partial charge in [-0.25, -0.2) is 4.79 Å². The number of carbonyl (C=O) groups is 1. The minimum absolute atomic E-state index is 0. The van der Waals surface area contributed by atoms with Gasteiger partial charge in [-0.2, -0.15) is 0 Å². The van der Waals surface area contributed by atoms with Gasteiger partial charge in [0.15, 0.2) is 0 Å². The molecule has 0 saturated heterocycles. The third-order valence-corrected chi connectivity index (χ3v) is 0. The van der Waals surface area contributed by atoms with E-state index in [1.165, 1.54) is 0 Å². The van der Waals surface area contributed by atoms with Crippen LogP contribution in [0.3, 0.4) is 0 Å². The topological polar surface area (TPSA) is 57.5 Å². The van der Waals surface area contributed by atoms with E-state index in [9.17, 15) is 0 Å². The van der Waals surface area contributed by atoms with E-state index in [1.54, 1.807) is 0 Å². The van der Waals surface area contributed by atoms with Crippen LogP contribution < -0.4 is 103 Å². The van der Waals surface area contributed by atoms with Gasteiger partial charge in [-0.05, 0) is 0 Å². The number of halogens is 1. The van der Waals surface area contributed by atoms with Gasteiger partial charge in [-0.1, -0.05) is 0 Å². The molecule has 0 aliphatic carbocycles. The van der Waals surface area contributed by atoms with Crippen LogP contribution in [0.4, 0.5) is 4.79 Å². The van der Waals surface area contributed by atoms with Crippen LogP contribution in [-0.4, -0.2) is 16.4 Å². The van der Waals surface area contributed by atoms with Crippen molar-refractivity contribution in [3.8, 4) is 0 Å². The molecule has 0 heterocycles. The maximum Gasteiger partial charge on any atom is 1.00 e. The summed E-state index contributed by atoms with van der Waals surface area (Å²) in [5.74, 6) is 0. The van der Waals surface area contributed by atoms with E-state index in [0.717, 1.165) is 0 Å². The van der Waals surface area contributed by atoms with Gasteiger partial charge in [0, 0.05) is 0 Å². The molecule has 0 aromatic heterocycles. The van der Waals surface area contributed by atoms with Gasteiger partial charge in [0.05, 0.1) is 0 Å². The van der Waals surface area contributed by atoms with E-state index >= 15 is 0 Å². The zero-order valence-corrected chi connectivity index (χ0v) is 12.8. The average Bonchev–Trinajstić information content (AvgIpc) is 0.811. The molecule has 2 N–H and O–H groups in total. The Kier molecular flexibility index (Phi) is 51.7. The van der Waals surface area contributed by atoms with Crippen molar-refractivity contribution >= 4 is 30.1 Å². The standard InChI is InChI=1S/CH2O3.HI.2K.2H/c2-1(3)4;;;;;/h(H2,2,3,4);1H;;;;/q;;2*+1;2*-1. The van der Waals surface area contributed by atoms with E-state index in [-0.39, 0.29) is 130 Å². The monoisotopic (exact) mass is 270 g/mol. The molecule has 0 rings (SSSR count). The normalized spacial score (nSPS) is 3.43. The molecule has 6 heteroatoms. The molecule has 0 aliphatic rings. The van der Waals surface area contributed by atoms with Gasteiger partial charge in [0.25, 0.3) is 0 Å². The van der Waals surface area contributed by atoms with Crippen molar-refractivity contribution in [2.24, 2.45) is 0 Å². The summed E-state index contributed by atoms with van der Waals surface area (Å²) in [6, 6.07) is 0. The molecule has 0 bridgehead atoms. The van der Waals surface area contributed by atoms with Gasteiger partial charge in [-0.15, -0.1) is 24.0 Å². The smallest absolute Gasteiger partial charge is 1.00 e. The summed E-state index contributed by atoms with van der Waals surface area (Å²) < 4.78 is 0. The van der Waals surface area contributed by atoms with Crippen LogP contribution in [0, 0.1) is 0 Å². The second kappa shape index (κ2) is 16.1. The molecule has 0 radical (unpaired) electrons. The van der Waals surface area contributed by atoms with Crippen LogP contribution in [-0.2, 0) is 0 Å². The van der Waals surface area contributed by atoms with Gasteiger partial charge in [-0.3, -0.25) is 0 Å². The first kappa shape index (κ1) is 22.4. The predicted molar refractivity (Wildman–Crippen MR) is 28.3 cm³/mol. The van der Waals surface area contributed by atoms with E-state index in [2.05, 4.69) is 0 Å². The number of carboxylic acid groups (broad SMARTS) is 2. The molecular formula is CH5IK2O3. The molecule has 0 aromatic carbocycles. The van der Waals surface area contributed by atoms with Gasteiger partial charge < -0.3 is 13.1 Å². The molecule has 3 nitrogen and oxygen atoms in total. The molecule has 0 unspecified atom stereocenters. The SMILES string of the molecule is I.O=C(O)O.[H-].[H-].[K+].[K+]. The van der Waals surface area contributed by atoms with Crippen LogP contribution in [0.5, 0.6) is 0 Å². The summed E-state index contributed by atoms with van der Waals surface area (Å²) in [4.78, 5) is 8.56. The number of rotatable bonds is 0. The van der Waals surface area contributed by atoms with Gasteiger partial charge in [0.2, 0.25) is 0 Å². The summed E-state index contributed by atoms with van der Waals surface area (Å²) in [7, 11) is 0. The molecule has 0 aliphatic heterocycles. The Morgan fingerprint density at radius 3 is 1.29 bits per heavy atom. The van der Waals surface area contributed by atoms with Crippen LogP contribution in [0.25, 0.3) is 0 Å². The Labute approximate surface area is 146 Å². The largest absolute Gasteiger partial charge is 1.00 e. The predicted octanol–water partition coefficient (Wildman–Crippen LogP) is -4.93. The minimum Gasteiger partial charge on any atom is -1.00 e. The molecule has 0 saturated carbocycles. The summed E-state index contributed by atoms with van der Waals surface area (Å²) in [6.45, 7) is 0. The number of hydrogen-bond donors (Lipinski definition) is 2. The van der Waals surface area contributed by atoms with Gasteiger partial charge >= 0.3 is 109 Å². The molecular weight excluding hydrogens is 265 g/mol. The van der Waals surface area contributed by atoms with E-state index in [0.29, 0.717) is 0 Å².